The molecule has 2 aromatic heterocycles. The molecule has 6 rings (SSSR count). The van der Waals surface area contributed by atoms with E-state index in [0.29, 0.717) is 36.3 Å². The van der Waals surface area contributed by atoms with Gasteiger partial charge in [0.05, 0.1) is 6.61 Å². The van der Waals surface area contributed by atoms with E-state index >= 15 is 0 Å². The molecule has 0 bridgehead atoms. The quantitative estimate of drug-likeness (QED) is 0.568. The Bertz CT molecular complexity index is 1220. The van der Waals surface area contributed by atoms with Gasteiger partial charge in [-0.1, -0.05) is 0 Å². The van der Waals surface area contributed by atoms with Crippen LogP contribution in [0.15, 0.2) is 29.3 Å². The van der Waals surface area contributed by atoms with Crippen molar-refractivity contribution < 1.29 is 28.9 Å². The first kappa shape index (κ1) is 28.9. The van der Waals surface area contributed by atoms with Crippen molar-refractivity contribution in [2.75, 3.05) is 13.2 Å². The molecule has 4 saturated carbocycles. The topological polar surface area (TPSA) is 138 Å². The number of carbonyl (C=O) groups is 2. The summed E-state index contributed by atoms with van der Waals surface area (Å²) < 4.78 is 18.0. The summed E-state index contributed by atoms with van der Waals surface area (Å²) in [5, 5.41) is 14.9. The average Bonchev–Trinajstić information content (AvgIpc) is 3.80. The summed E-state index contributed by atoms with van der Waals surface area (Å²) in [7, 11) is 0. The Morgan fingerprint density at radius 3 is 1.95 bits per heavy atom. The van der Waals surface area contributed by atoms with Crippen LogP contribution in [0.2, 0.25) is 0 Å². The van der Waals surface area contributed by atoms with E-state index in [2.05, 4.69) is 10.2 Å². The molecule has 216 valence electrons. The van der Waals surface area contributed by atoms with Gasteiger partial charge in [-0.2, -0.15) is 9.36 Å². The lowest BCUT2D eigenvalue weighted by Gasteiger charge is -2.18. The number of hydrogen-bond donors (Lipinski definition) is 2. The monoisotopic (exact) mass is 546 g/mol. The molecule has 0 radical (unpaired) electrons. The fourth-order valence-corrected chi connectivity index (χ4v) is 4.64. The van der Waals surface area contributed by atoms with Crippen LogP contribution in [0.3, 0.4) is 0 Å². The third kappa shape index (κ3) is 8.20. The van der Waals surface area contributed by atoms with Crippen molar-refractivity contribution in [3.05, 3.63) is 34.9 Å². The molecule has 0 aliphatic heterocycles. The molecule has 2 N–H and O–H groups in total. The molecule has 2 unspecified atom stereocenters. The van der Waals surface area contributed by atoms with Crippen molar-refractivity contribution >= 4 is 12.2 Å². The third-order valence-corrected chi connectivity index (χ3v) is 7.50. The molecule has 4 fully saturated rings. The summed E-state index contributed by atoms with van der Waals surface area (Å²) in [4.78, 5) is 33.7. The van der Waals surface area contributed by atoms with E-state index in [1.165, 1.54) is 55.5 Å². The van der Waals surface area contributed by atoms with E-state index in [4.69, 9.17) is 19.3 Å². The molecule has 0 aromatic carbocycles. The maximum Gasteiger partial charge on any atom is 0.435 e. The second-order valence-corrected chi connectivity index (χ2v) is 13.2. The molecule has 0 amide bonds. The number of aromatic nitrogens is 4. The predicted octanol–water partition coefficient (Wildman–Crippen LogP) is 4.58. The van der Waals surface area contributed by atoms with Gasteiger partial charge in [0, 0.05) is 31.1 Å². The molecule has 4 aliphatic rings. The Morgan fingerprint density at radius 2 is 1.51 bits per heavy atom. The lowest BCUT2D eigenvalue weighted by atomic mass is 10.2. The highest BCUT2D eigenvalue weighted by atomic mass is 16.6. The fourth-order valence-electron chi connectivity index (χ4n) is 4.64. The van der Waals surface area contributed by atoms with Gasteiger partial charge in [-0.05, 0) is 103 Å². The van der Waals surface area contributed by atoms with E-state index in [1.54, 1.807) is 33.0 Å². The highest BCUT2D eigenvalue weighted by Crippen LogP contribution is 2.70. The van der Waals surface area contributed by atoms with Gasteiger partial charge in [-0.15, -0.1) is 5.10 Å². The van der Waals surface area contributed by atoms with E-state index in [0.717, 1.165) is 10.1 Å². The number of aliphatic hydroxyl groups is 1. The lowest BCUT2D eigenvalue weighted by molar-refractivity contribution is 0.0502. The van der Waals surface area contributed by atoms with Crippen LogP contribution < -0.4 is 10.3 Å². The summed E-state index contributed by atoms with van der Waals surface area (Å²) in [6, 6.07) is 2.95. The lowest BCUT2D eigenvalue weighted by Crippen LogP contribution is -2.28. The van der Waals surface area contributed by atoms with E-state index in [-0.39, 0.29) is 5.56 Å². The Morgan fingerprint density at radius 1 is 0.949 bits per heavy atom. The number of aromatic amines is 1. The highest BCUT2D eigenvalue weighted by molar-refractivity contribution is 5.70. The Labute approximate surface area is 228 Å². The van der Waals surface area contributed by atoms with Crippen molar-refractivity contribution in [1.29, 1.82) is 0 Å². The molecule has 2 aromatic rings. The molecule has 11 nitrogen and oxygen atoms in total. The van der Waals surface area contributed by atoms with Crippen molar-refractivity contribution in [2.45, 2.75) is 91.3 Å². The van der Waals surface area contributed by atoms with Gasteiger partial charge in [0.25, 0.3) is 5.56 Å². The van der Waals surface area contributed by atoms with Crippen molar-refractivity contribution in [3.63, 3.8) is 0 Å². The van der Waals surface area contributed by atoms with E-state index in [1.807, 2.05) is 20.8 Å². The second kappa shape index (κ2) is 10.5. The molecular formula is C28H42N4O7. The highest BCUT2D eigenvalue weighted by Gasteiger charge is 2.63. The van der Waals surface area contributed by atoms with Crippen LogP contribution in [-0.4, -0.2) is 61.3 Å². The third-order valence-electron chi connectivity index (χ3n) is 7.50. The SMILES string of the molecule is CC(C)(C)OC(=O)n1ccc(=O)[nH]1.CC(C)(C)OC(=O)n1ccc(OCC2CC23CC3)n1.OCC1CC12CC2. The van der Waals surface area contributed by atoms with Crippen molar-refractivity contribution in [1.82, 2.24) is 19.6 Å². The number of H-pyrrole nitrogens is 1. The molecule has 11 heteroatoms. The molecule has 0 saturated heterocycles. The smallest absolute Gasteiger partial charge is 0.435 e. The zero-order valence-electron chi connectivity index (χ0n) is 23.9. The maximum atomic E-state index is 11.8. The van der Waals surface area contributed by atoms with Gasteiger partial charge in [0.15, 0.2) is 0 Å². The van der Waals surface area contributed by atoms with E-state index in [9.17, 15) is 14.4 Å². The van der Waals surface area contributed by atoms with Gasteiger partial charge in [0.2, 0.25) is 5.88 Å². The van der Waals surface area contributed by atoms with E-state index < -0.39 is 23.4 Å². The maximum absolute atomic E-state index is 11.8. The molecule has 2 spiro atoms. The zero-order valence-corrected chi connectivity index (χ0v) is 23.9. The Kier molecular flexibility index (Phi) is 7.77. The van der Waals surface area contributed by atoms with Gasteiger partial charge >= 0.3 is 12.2 Å². The summed E-state index contributed by atoms with van der Waals surface area (Å²) in [5.41, 5.74) is -0.0530. The predicted molar refractivity (Wildman–Crippen MR) is 143 cm³/mol. The summed E-state index contributed by atoms with van der Waals surface area (Å²) >= 11 is 0. The number of nitrogens with one attached hydrogen (secondary N) is 1. The summed E-state index contributed by atoms with van der Waals surface area (Å²) in [5.74, 6) is 1.90. The summed E-state index contributed by atoms with van der Waals surface area (Å²) in [6.45, 7) is 11.9. The van der Waals surface area contributed by atoms with Crippen LogP contribution in [0.1, 0.15) is 80.1 Å². The molecule has 2 atom stereocenters. The van der Waals surface area contributed by atoms with Gasteiger partial charge in [-0.25, -0.2) is 9.59 Å². The molecule has 39 heavy (non-hydrogen) atoms. The van der Waals surface area contributed by atoms with Crippen LogP contribution in [0.4, 0.5) is 9.59 Å². The van der Waals surface area contributed by atoms with Crippen LogP contribution >= 0.6 is 0 Å². The van der Waals surface area contributed by atoms with Gasteiger partial charge < -0.3 is 19.3 Å². The normalized spacial score (nSPS) is 22.5. The Balaban J connectivity index is 0.000000151. The van der Waals surface area contributed by atoms with Crippen LogP contribution in [0.25, 0.3) is 0 Å². The molecular weight excluding hydrogens is 504 g/mol. The first-order chi connectivity index (χ1) is 18.1. The largest absolute Gasteiger partial charge is 0.476 e. The minimum absolute atomic E-state index is 0.328. The standard InChI is InChI=1S/C14H20N2O3.C8H12N2O3.C6H10O/c1-13(2,3)19-12(17)16-7-4-11(15-16)18-9-10-8-14(10)5-6-14;1-8(2,3)13-7(12)10-5-4-6(11)9-10;7-4-5-3-6(5)1-2-6/h4,7,10H,5-6,8-9H2,1-3H3;4-5H,1-3H3,(H,9,11);5,7H,1-4H2. The number of aliphatic hydroxyl groups excluding tert-OH is 1. The number of rotatable bonds is 4. The zero-order chi connectivity index (χ0) is 28.6. The van der Waals surface area contributed by atoms with Crippen LogP contribution in [-0.2, 0) is 9.47 Å². The number of carbonyl (C=O) groups excluding carboxylic acids is 2. The second-order valence-electron chi connectivity index (χ2n) is 13.2. The van der Waals surface area contributed by atoms with Gasteiger partial charge in [-0.3, -0.25) is 9.89 Å². The first-order valence-electron chi connectivity index (χ1n) is 13.7. The number of hydrogen-bond acceptors (Lipinski definition) is 8. The number of nitrogens with zero attached hydrogens (tertiary/aromatic N) is 3. The van der Waals surface area contributed by atoms with Crippen LogP contribution in [0, 0.1) is 22.7 Å². The Hall–Kier alpha value is -3.08. The molecule has 4 aliphatic carbocycles. The van der Waals surface area contributed by atoms with Crippen molar-refractivity contribution in [3.8, 4) is 5.88 Å². The number of ether oxygens (including phenoxy) is 3. The first-order valence-corrected chi connectivity index (χ1v) is 13.7. The van der Waals surface area contributed by atoms with Crippen molar-refractivity contribution in [2.24, 2.45) is 22.7 Å². The minimum atomic E-state index is -0.588. The van der Waals surface area contributed by atoms with Crippen LogP contribution in [0.5, 0.6) is 5.88 Å². The fraction of sp³-hybridized carbons (Fsp3) is 0.714. The average molecular weight is 547 g/mol. The van der Waals surface area contributed by atoms with Gasteiger partial charge in [0.1, 0.15) is 11.2 Å². The molecule has 2 heterocycles. The minimum Gasteiger partial charge on any atom is -0.476 e. The summed E-state index contributed by atoms with van der Waals surface area (Å²) in [6.07, 6.45) is 9.96.